The zero-order chi connectivity index (χ0) is 15.6. The maximum atomic E-state index is 12.5. The highest BCUT2D eigenvalue weighted by Gasteiger charge is 2.15. The number of rotatable bonds is 3. The molecule has 0 aliphatic rings. The molecule has 110 valence electrons. The zero-order valence-electron chi connectivity index (χ0n) is 12.2. The first-order valence-electron chi connectivity index (χ1n) is 6.71. The summed E-state index contributed by atoms with van der Waals surface area (Å²) in [5.74, 6) is -0.0613. The number of benzene rings is 2. The fraction of sp³-hybridized carbons (Fsp3) is 0.235. The van der Waals surface area contributed by atoms with E-state index >= 15 is 0 Å². The van der Waals surface area contributed by atoms with E-state index in [4.69, 9.17) is 0 Å². The summed E-state index contributed by atoms with van der Waals surface area (Å²) in [6.07, 6.45) is 0. The van der Waals surface area contributed by atoms with E-state index in [1.807, 2.05) is 25.1 Å². The molecule has 0 aliphatic heterocycles. The Kier molecular flexibility index (Phi) is 5.43. The van der Waals surface area contributed by atoms with Gasteiger partial charge in [0, 0.05) is 8.04 Å². The fourth-order valence-corrected chi connectivity index (χ4v) is 3.17. The van der Waals surface area contributed by atoms with E-state index < -0.39 is 0 Å². The maximum Gasteiger partial charge on any atom is 0.252 e. The van der Waals surface area contributed by atoms with Crippen LogP contribution in [0.4, 0.5) is 0 Å². The van der Waals surface area contributed by atoms with Crippen LogP contribution in [0.3, 0.4) is 0 Å². The largest absolute Gasteiger partial charge is 0.345 e. The third kappa shape index (κ3) is 4.07. The standard InChI is InChI=1S/C17H17BrINO/c1-10-4-5-11(2)14(8-10)12(3)20-17(21)15-9-13(19)6-7-16(15)18/h4-9,12H,1-3H3,(H,20,21). The topological polar surface area (TPSA) is 29.1 Å². The first-order chi connectivity index (χ1) is 9.88. The van der Waals surface area contributed by atoms with E-state index in [2.05, 4.69) is 75.9 Å². The minimum absolute atomic E-state index is 0.0258. The molecule has 2 nitrogen and oxygen atoms in total. The number of carbonyl (C=O) groups is 1. The lowest BCUT2D eigenvalue weighted by atomic mass is 10.00. The smallest absolute Gasteiger partial charge is 0.252 e. The Labute approximate surface area is 147 Å². The molecule has 0 bridgehead atoms. The molecule has 0 radical (unpaired) electrons. The second-order valence-electron chi connectivity index (χ2n) is 5.18. The summed E-state index contributed by atoms with van der Waals surface area (Å²) in [5, 5.41) is 3.08. The first-order valence-corrected chi connectivity index (χ1v) is 8.58. The van der Waals surface area contributed by atoms with Gasteiger partial charge >= 0.3 is 0 Å². The Hall–Kier alpha value is -0.880. The van der Waals surface area contributed by atoms with Crippen LogP contribution in [0.2, 0.25) is 0 Å². The van der Waals surface area contributed by atoms with Crippen molar-refractivity contribution in [3.8, 4) is 0 Å². The molecule has 0 spiro atoms. The molecular weight excluding hydrogens is 441 g/mol. The average Bonchev–Trinajstić information content (AvgIpc) is 2.43. The highest BCUT2D eigenvalue weighted by molar-refractivity contribution is 14.1. The Morgan fingerprint density at radius 2 is 1.90 bits per heavy atom. The van der Waals surface area contributed by atoms with Crippen molar-refractivity contribution in [2.45, 2.75) is 26.8 Å². The lowest BCUT2D eigenvalue weighted by molar-refractivity contribution is 0.0939. The molecule has 1 unspecified atom stereocenters. The molecule has 0 saturated carbocycles. The van der Waals surface area contributed by atoms with Gasteiger partial charge in [0.15, 0.2) is 0 Å². The van der Waals surface area contributed by atoms with Crippen molar-refractivity contribution in [1.82, 2.24) is 5.32 Å². The number of halogens is 2. The van der Waals surface area contributed by atoms with Crippen LogP contribution in [0.5, 0.6) is 0 Å². The van der Waals surface area contributed by atoms with Gasteiger partial charge in [0.2, 0.25) is 0 Å². The number of nitrogens with one attached hydrogen (secondary N) is 1. The monoisotopic (exact) mass is 457 g/mol. The molecule has 4 heteroatoms. The van der Waals surface area contributed by atoms with Crippen molar-refractivity contribution in [3.05, 3.63) is 66.7 Å². The predicted octanol–water partition coefficient (Wildman–Crippen LogP) is 5.16. The van der Waals surface area contributed by atoms with Gasteiger partial charge in [-0.3, -0.25) is 4.79 Å². The molecular formula is C17H17BrINO. The molecule has 0 aliphatic carbocycles. The predicted molar refractivity (Wildman–Crippen MR) is 98.7 cm³/mol. The zero-order valence-corrected chi connectivity index (χ0v) is 15.9. The van der Waals surface area contributed by atoms with Crippen molar-refractivity contribution < 1.29 is 4.79 Å². The summed E-state index contributed by atoms with van der Waals surface area (Å²) in [4.78, 5) is 12.5. The van der Waals surface area contributed by atoms with Crippen LogP contribution in [0.1, 0.15) is 40.0 Å². The molecule has 0 aromatic heterocycles. The van der Waals surface area contributed by atoms with Crippen LogP contribution in [-0.2, 0) is 0 Å². The number of hydrogen-bond donors (Lipinski definition) is 1. The van der Waals surface area contributed by atoms with Crippen LogP contribution in [-0.4, -0.2) is 5.91 Å². The van der Waals surface area contributed by atoms with Gasteiger partial charge in [-0.05, 0) is 88.6 Å². The third-order valence-corrected chi connectivity index (χ3v) is 4.78. The summed E-state index contributed by atoms with van der Waals surface area (Å²) >= 11 is 5.65. The molecule has 1 atom stereocenters. The van der Waals surface area contributed by atoms with Crippen molar-refractivity contribution in [3.63, 3.8) is 0 Å². The maximum absolute atomic E-state index is 12.5. The lowest BCUT2D eigenvalue weighted by Crippen LogP contribution is -2.27. The summed E-state index contributed by atoms with van der Waals surface area (Å²) in [5.41, 5.74) is 4.21. The van der Waals surface area contributed by atoms with E-state index in [1.165, 1.54) is 11.1 Å². The van der Waals surface area contributed by atoms with E-state index in [-0.39, 0.29) is 11.9 Å². The quantitative estimate of drug-likeness (QED) is 0.633. The first kappa shape index (κ1) is 16.5. The highest BCUT2D eigenvalue weighted by Crippen LogP contribution is 2.22. The Balaban J connectivity index is 2.23. The van der Waals surface area contributed by atoms with Gasteiger partial charge in [0.25, 0.3) is 5.91 Å². The number of aryl methyl sites for hydroxylation is 2. The van der Waals surface area contributed by atoms with Gasteiger partial charge in [-0.2, -0.15) is 0 Å². The summed E-state index contributed by atoms with van der Waals surface area (Å²) < 4.78 is 1.86. The third-order valence-electron chi connectivity index (χ3n) is 3.42. The van der Waals surface area contributed by atoms with Gasteiger partial charge in [0.05, 0.1) is 11.6 Å². The molecule has 1 N–H and O–H groups in total. The highest BCUT2D eigenvalue weighted by atomic mass is 127. The van der Waals surface area contributed by atoms with Crippen LogP contribution < -0.4 is 5.32 Å². The van der Waals surface area contributed by atoms with E-state index in [9.17, 15) is 4.79 Å². The molecule has 2 rings (SSSR count). The molecule has 0 fully saturated rings. The second kappa shape index (κ2) is 6.92. The minimum Gasteiger partial charge on any atom is -0.345 e. The Bertz CT molecular complexity index is 684. The van der Waals surface area contributed by atoms with Gasteiger partial charge in [-0.15, -0.1) is 0 Å². The van der Waals surface area contributed by atoms with Crippen molar-refractivity contribution in [2.24, 2.45) is 0 Å². The molecule has 1 amide bonds. The normalized spacial score (nSPS) is 12.0. The summed E-state index contributed by atoms with van der Waals surface area (Å²) in [6, 6.07) is 12.0. The summed E-state index contributed by atoms with van der Waals surface area (Å²) in [7, 11) is 0. The van der Waals surface area contributed by atoms with Crippen LogP contribution in [0.25, 0.3) is 0 Å². The lowest BCUT2D eigenvalue weighted by Gasteiger charge is -2.18. The van der Waals surface area contributed by atoms with Crippen molar-refractivity contribution in [2.75, 3.05) is 0 Å². The molecule has 0 saturated heterocycles. The number of carbonyl (C=O) groups excluding carboxylic acids is 1. The van der Waals surface area contributed by atoms with E-state index in [0.717, 1.165) is 13.6 Å². The van der Waals surface area contributed by atoms with E-state index in [1.54, 1.807) is 0 Å². The van der Waals surface area contributed by atoms with Gasteiger partial charge in [0.1, 0.15) is 0 Å². The Morgan fingerprint density at radius 1 is 1.19 bits per heavy atom. The van der Waals surface area contributed by atoms with Gasteiger partial charge < -0.3 is 5.32 Å². The number of amides is 1. The van der Waals surface area contributed by atoms with Gasteiger partial charge in [-0.25, -0.2) is 0 Å². The number of hydrogen-bond acceptors (Lipinski definition) is 1. The van der Waals surface area contributed by atoms with Gasteiger partial charge in [-0.1, -0.05) is 23.8 Å². The molecule has 2 aromatic rings. The van der Waals surface area contributed by atoms with E-state index in [0.29, 0.717) is 5.56 Å². The SMILES string of the molecule is Cc1ccc(C)c(C(C)NC(=O)c2cc(I)ccc2Br)c1. The second-order valence-corrected chi connectivity index (χ2v) is 7.28. The fourth-order valence-electron chi connectivity index (χ4n) is 2.25. The van der Waals surface area contributed by atoms with Crippen molar-refractivity contribution >= 4 is 44.4 Å². The molecule has 0 heterocycles. The van der Waals surface area contributed by atoms with Crippen molar-refractivity contribution in [1.29, 1.82) is 0 Å². The average molecular weight is 458 g/mol. The summed E-state index contributed by atoms with van der Waals surface area (Å²) in [6.45, 7) is 6.15. The molecule has 2 aromatic carbocycles. The van der Waals surface area contributed by atoms with Crippen LogP contribution in [0.15, 0.2) is 40.9 Å². The molecule has 21 heavy (non-hydrogen) atoms. The van der Waals surface area contributed by atoms with Crippen LogP contribution >= 0.6 is 38.5 Å². The minimum atomic E-state index is -0.0613. The van der Waals surface area contributed by atoms with Crippen LogP contribution in [0, 0.1) is 17.4 Å². The Morgan fingerprint density at radius 3 is 2.62 bits per heavy atom.